The number of nitrogens with zero attached hydrogens (tertiary/aromatic N) is 2. The molecule has 0 bridgehead atoms. The number of hydrogen-bond donors (Lipinski definition) is 1. The first-order valence-electron chi connectivity index (χ1n) is 6.94. The van der Waals surface area contributed by atoms with Gasteiger partial charge in [-0.1, -0.05) is 0 Å². The summed E-state index contributed by atoms with van der Waals surface area (Å²) < 4.78 is 5.79. The number of carbonyl (C=O) groups excluding carboxylic acids is 2. The van der Waals surface area contributed by atoms with Crippen molar-refractivity contribution in [3.63, 3.8) is 0 Å². The quantitative estimate of drug-likeness (QED) is 0.810. The van der Waals surface area contributed by atoms with Crippen molar-refractivity contribution in [2.45, 2.75) is 12.5 Å². The van der Waals surface area contributed by atoms with Gasteiger partial charge in [-0.3, -0.25) is 9.59 Å². The van der Waals surface area contributed by atoms with Gasteiger partial charge in [-0.25, -0.2) is 4.98 Å². The van der Waals surface area contributed by atoms with E-state index < -0.39 is 6.04 Å². The minimum Gasteiger partial charge on any atom is -0.444 e. The van der Waals surface area contributed by atoms with Gasteiger partial charge in [0, 0.05) is 24.1 Å². The Morgan fingerprint density at radius 3 is 3.04 bits per heavy atom. The maximum atomic E-state index is 12.4. The molecule has 122 valence electrons. The van der Waals surface area contributed by atoms with Crippen LogP contribution < -0.4 is 5.32 Å². The smallest absolute Gasteiger partial charge is 0.291 e. The normalized spacial score (nSPS) is 17.4. The van der Waals surface area contributed by atoms with Gasteiger partial charge in [0.05, 0.1) is 17.1 Å². The van der Waals surface area contributed by atoms with Gasteiger partial charge in [0.25, 0.3) is 5.91 Å². The van der Waals surface area contributed by atoms with E-state index in [9.17, 15) is 9.59 Å². The number of nitrogens with one attached hydrogen (secondary N) is 1. The minimum absolute atomic E-state index is 0.135. The van der Waals surface area contributed by atoms with Crippen molar-refractivity contribution in [1.29, 1.82) is 0 Å². The van der Waals surface area contributed by atoms with Crippen LogP contribution in [-0.4, -0.2) is 45.9 Å². The van der Waals surface area contributed by atoms with Crippen LogP contribution in [0.3, 0.4) is 0 Å². The zero-order chi connectivity index (χ0) is 16.2. The molecule has 1 aliphatic heterocycles. The van der Waals surface area contributed by atoms with Crippen LogP contribution >= 0.6 is 39.0 Å². The molecule has 2 aromatic rings. The Kier molecular flexibility index (Phi) is 5.39. The average Bonchev–Trinajstić information content (AvgIpc) is 3.27. The summed E-state index contributed by atoms with van der Waals surface area (Å²) in [5.41, 5.74) is 2.73. The molecule has 1 fully saturated rings. The molecule has 0 spiro atoms. The molecule has 23 heavy (non-hydrogen) atoms. The van der Waals surface area contributed by atoms with Gasteiger partial charge in [0.15, 0.2) is 10.4 Å². The molecule has 3 heterocycles. The number of aromatic nitrogens is 1. The van der Waals surface area contributed by atoms with Gasteiger partial charge < -0.3 is 14.6 Å². The van der Waals surface area contributed by atoms with E-state index in [1.807, 2.05) is 5.38 Å². The van der Waals surface area contributed by atoms with Gasteiger partial charge in [0.1, 0.15) is 6.04 Å². The maximum absolute atomic E-state index is 12.4. The molecule has 1 saturated heterocycles. The molecule has 3 rings (SSSR count). The van der Waals surface area contributed by atoms with Gasteiger partial charge in [-0.05, 0) is 28.1 Å². The first kappa shape index (κ1) is 16.5. The number of hydrogen-bond acceptors (Lipinski definition) is 6. The molecule has 0 saturated carbocycles. The predicted octanol–water partition coefficient (Wildman–Crippen LogP) is 2.37. The summed E-state index contributed by atoms with van der Waals surface area (Å²) in [6.07, 6.45) is 0.689. The molecule has 0 aromatic carbocycles. The molecule has 2 aromatic heterocycles. The second kappa shape index (κ2) is 7.50. The number of furan rings is 1. The molecule has 0 unspecified atom stereocenters. The Morgan fingerprint density at radius 2 is 2.35 bits per heavy atom. The standard InChI is InChI=1S/C14H14BrN3O3S2/c15-12-2-1-11(21-12)14(20)18-8-23-6-10(18)13(19)16-4-3-9-5-22-7-17-9/h1-2,5,7,10H,3-4,6,8H2,(H,16,19)/t10-/m1/s1. The summed E-state index contributed by atoms with van der Waals surface area (Å²) in [6, 6.07) is 2.80. The lowest BCUT2D eigenvalue weighted by molar-refractivity contribution is -0.124. The van der Waals surface area contributed by atoms with Crippen LogP contribution in [0.5, 0.6) is 0 Å². The zero-order valence-corrected chi connectivity index (χ0v) is 15.2. The molecule has 0 radical (unpaired) electrons. The van der Waals surface area contributed by atoms with E-state index in [0.717, 1.165) is 5.69 Å². The first-order chi connectivity index (χ1) is 11.1. The lowest BCUT2D eigenvalue weighted by atomic mass is 10.2. The average molecular weight is 416 g/mol. The SMILES string of the molecule is O=C(NCCc1cscn1)[C@H]1CSCN1C(=O)c1ccc(Br)o1. The Hall–Kier alpha value is -1.32. The van der Waals surface area contributed by atoms with E-state index in [-0.39, 0.29) is 17.6 Å². The highest BCUT2D eigenvalue weighted by Crippen LogP contribution is 2.25. The number of thioether (sulfide) groups is 1. The molecule has 0 aliphatic carbocycles. The van der Waals surface area contributed by atoms with Crippen molar-refractivity contribution >= 4 is 50.8 Å². The molecule has 9 heteroatoms. The fourth-order valence-corrected chi connectivity index (χ4v) is 4.28. The van der Waals surface area contributed by atoms with Gasteiger partial charge >= 0.3 is 0 Å². The molecule has 1 N–H and O–H groups in total. The van der Waals surface area contributed by atoms with Crippen LogP contribution in [0, 0.1) is 0 Å². The van der Waals surface area contributed by atoms with Gasteiger partial charge in [0.2, 0.25) is 5.91 Å². The zero-order valence-electron chi connectivity index (χ0n) is 12.0. The summed E-state index contributed by atoms with van der Waals surface area (Å²) in [4.78, 5) is 30.5. The molecule has 1 atom stereocenters. The molecule has 2 amide bonds. The molecular formula is C14H14BrN3O3S2. The van der Waals surface area contributed by atoms with E-state index in [1.54, 1.807) is 34.3 Å². The second-order valence-electron chi connectivity index (χ2n) is 4.92. The lowest BCUT2D eigenvalue weighted by Gasteiger charge is -2.22. The van der Waals surface area contributed by atoms with Crippen LogP contribution in [0.15, 0.2) is 32.1 Å². The summed E-state index contributed by atoms with van der Waals surface area (Å²) in [6.45, 7) is 0.512. The molecule has 1 aliphatic rings. The van der Waals surface area contributed by atoms with Crippen molar-refractivity contribution in [2.24, 2.45) is 0 Å². The van der Waals surface area contributed by atoms with E-state index in [2.05, 4.69) is 26.2 Å². The van der Waals surface area contributed by atoms with E-state index in [4.69, 9.17) is 4.42 Å². The number of rotatable bonds is 5. The maximum Gasteiger partial charge on any atom is 0.291 e. The lowest BCUT2D eigenvalue weighted by Crippen LogP contribution is -2.47. The number of amides is 2. The van der Waals surface area contributed by atoms with Crippen LogP contribution in [0.25, 0.3) is 0 Å². The Morgan fingerprint density at radius 1 is 1.48 bits per heavy atom. The first-order valence-corrected chi connectivity index (χ1v) is 9.83. The number of thiazole rings is 1. The third-order valence-corrected chi connectivity index (χ3v) is 5.47. The van der Waals surface area contributed by atoms with E-state index >= 15 is 0 Å². The summed E-state index contributed by atoms with van der Waals surface area (Å²) in [7, 11) is 0. The Labute approximate surface area is 149 Å². The highest BCUT2D eigenvalue weighted by Gasteiger charge is 2.36. The fourth-order valence-electron chi connectivity index (χ4n) is 2.22. The molecular weight excluding hydrogens is 402 g/mol. The highest BCUT2D eigenvalue weighted by atomic mass is 79.9. The third-order valence-electron chi connectivity index (χ3n) is 3.39. The monoisotopic (exact) mass is 415 g/mol. The summed E-state index contributed by atoms with van der Waals surface area (Å²) >= 11 is 6.27. The van der Waals surface area contributed by atoms with Crippen molar-refractivity contribution in [3.8, 4) is 0 Å². The van der Waals surface area contributed by atoms with Crippen molar-refractivity contribution in [1.82, 2.24) is 15.2 Å². The van der Waals surface area contributed by atoms with Crippen molar-refractivity contribution < 1.29 is 14.0 Å². The number of carbonyl (C=O) groups is 2. The van der Waals surface area contributed by atoms with Crippen LogP contribution in [0.4, 0.5) is 0 Å². The van der Waals surface area contributed by atoms with Crippen molar-refractivity contribution in [2.75, 3.05) is 18.2 Å². The largest absolute Gasteiger partial charge is 0.444 e. The Bertz CT molecular complexity index is 689. The van der Waals surface area contributed by atoms with Crippen LogP contribution in [0.2, 0.25) is 0 Å². The highest BCUT2D eigenvalue weighted by molar-refractivity contribution is 9.10. The van der Waals surface area contributed by atoms with Crippen molar-refractivity contribution in [3.05, 3.63) is 39.1 Å². The predicted molar refractivity (Wildman–Crippen MR) is 92.5 cm³/mol. The minimum atomic E-state index is -0.466. The van der Waals surface area contributed by atoms with Gasteiger partial charge in [-0.2, -0.15) is 0 Å². The van der Waals surface area contributed by atoms with Gasteiger partial charge in [-0.15, -0.1) is 23.1 Å². The van der Waals surface area contributed by atoms with Crippen LogP contribution in [0.1, 0.15) is 16.2 Å². The summed E-state index contributed by atoms with van der Waals surface area (Å²) in [5, 5.41) is 4.84. The topological polar surface area (TPSA) is 75.4 Å². The fraction of sp³-hybridized carbons (Fsp3) is 0.357. The summed E-state index contributed by atoms with van der Waals surface area (Å²) in [5.74, 6) is 0.918. The van der Waals surface area contributed by atoms with E-state index in [0.29, 0.717) is 29.3 Å². The number of halogens is 1. The second-order valence-corrected chi connectivity index (χ2v) is 7.42. The molecule has 6 nitrogen and oxygen atoms in total. The third kappa shape index (κ3) is 3.96. The Balaban J connectivity index is 1.57. The van der Waals surface area contributed by atoms with E-state index in [1.165, 1.54) is 11.3 Å². The van der Waals surface area contributed by atoms with Crippen LogP contribution in [-0.2, 0) is 11.2 Å².